The van der Waals surface area contributed by atoms with Crippen molar-refractivity contribution in [3.05, 3.63) is 48.0 Å². The van der Waals surface area contributed by atoms with Gasteiger partial charge in [0.25, 0.3) is 0 Å². The van der Waals surface area contributed by atoms with Crippen LogP contribution < -0.4 is 9.47 Å². The van der Waals surface area contributed by atoms with E-state index in [-0.39, 0.29) is 0 Å². The van der Waals surface area contributed by atoms with Gasteiger partial charge < -0.3 is 18.4 Å². The molecule has 1 aromatic carbocycles. The molecular weight excluding hydrogens is 322 g/mol. The number of benzene rings is 1. The Kier molecular flexibility index (Phi) is 5.35. The third kappa shape index (κ3) is 4.00. The lowest BCUT2D eigenvalue weighted by atomic mass is 10.2. The quantitative estimate of drug-likeness (QED) is 0.621. The van der Waals surface area contributed by atoms with Gasteiger partial charge in [-0.1, -0.05) is 18.1 Å². The molecule has 7 heteroatoms. The van der Waals surface area contributed by atoms with Crippen LogP contribution in [0.25, 0.3) is 11.6 Å². The summed E-state index contributed by atoms with van der Waals surface area (Å²) in [5.41, 5.74) is 1.12. The molecule has 2 heterocycles. The van der Waals surface area contributed by atoms with E-state index >= 15 is 0 Å². The van der Waals surface area contributed by atoms with Gasteiger partial charge in [0.2, 0.25) is 11.7 Å². The minimum atomic E-state index is 0.460. The molecular formula is C18H21N3O4. The fourth-order valence-corrected chi connectivity index (χ4v) is 2.53. The highest BCUT2D eigenvalue weighted by molar-refractivity contribution is 5.44. The number of aromatic nitrogens is 2. The second-order valence-electron chi connectivity index (χ2n) is 5.48. The van der Waals surface area contributed by atoms with Crippen molar-refractivity contribution in [2.75, 3.05) is 20.8 Å². The molecule has 0 amide bonds. The summed E-state index contributed by atoms with van der Waals surface area (Å²) in [7, 11) is 3.26. The van der Waals surface area contributed by atoms with E-state index in [2.05, 4.69) is 22.0 Å². The smallest absolute Gasteiger partial charge is 0.241 e. The van der Waals surface area contributed by atoms with E-state index in [4.69, 9.17) is 18.4 Å². The Bertz CT molecular complexity index is 799. The van der Waals surface area contributed by atoms with Gasteiger partial charge in [-0.05, 0) is 36.4 Å². The Morgan fingerprint density at radius 1 is 1.08 bits per heavy atom. The van der Waals surface area contributed by atoms with Crippen molar-refractivity contribution in [1.82, 2.24) is 15.0 Å². The number of ether oxygens (including phenoxy) is 2. The van der Waals surface area contributed by atoms with Crippen LogP contribution in [-0.2, 0) is 13.1 Å². The van der Waals surface area contributed by atoms with Gasteiger partial charge in [0.1, 0.15) is 0 Å². The van der Waals surface area contributed by atoms with E-state index in [0.29, 0.717) is 35.5 Å². The zero-order chi connectivity index (χ0) is 17.6. The van der Waals surface area contributed by atoms with Gasteiger partial charge in [-0.15, -0.1) is 0 Å². The van der Waals surface area contributed by atoms with E-state index in [0.717, 1.165) is 18.7 Å². The molecule has 0 aliphatic heterocycles. The Morgan fingerprint density at radius 3 is 2.60 bits per heavy atom. The molecule has 0 atom stereocenters. The highest BCUT2D eigenvalue weighted by Gasteiger charge is 2.14. The molecule has 0 bridgehead atoms. The zero-order valence-corrected chi connectivity index (χ0v) is 14.6. The van der Waals surface area contributed by atoms with Gasteiger partial charge in [-0.3, -0.25) is 4.90 Å². The summed E-state index contributed by atoms with van der Waals surface area (Å²) in [5, 5.41) is 3.96. The standard InChI is InChI=1S/C18H21N3O4/c1-4-21(11-13-7-8-14(22-2)16(10-13)23-3)12-17-19-18(20-25-17)15-6-5-9-24-15/h5-10H,4,11-12H2,1-3H3. The molecule has 0 radical (unpaired) electrons. The van der Waals surface area contributed by atoms with E-state index < -0.39 is 0 Å². The van der Waals surface area contributed by atoms with E-state index in [1.807, 2.05) is 18.2 Å². The second-order valence-corrected chi connectivity index (χ2v) is 5.48. The second kappa shape index (κ2) is 7.85. The van der Waals surface area contributed by atoms with Crippen molar-refractivity contribution < 1.29 is 18.4 Å². The maximum atomic E-state index is 5.36. The van der Waals surface area contributed by atoms with Crippen molar-refractivity contribution in [2.45, 2.75) is 20.0 Å². The molecule has 0 fully saturated rings. The molecule has 132 valence electrons. The molecule has 3 aromatic rings. The number of methoxy groups -OCH3 is 2. The van der Waals surface area contributed by atoms with Crippen LogP contribution in [0.1, 0.15) is 18.4 Å². The summed E-state index contributed by atoms with van der Waals surface area (Å²) in [6.07, 6.45) is 1.58. The fourth-order valence-electron chi connectivity index (χ4n) is 2.53. The number of hydrogen-bond acceptors (Lipinski definition) is 7. The highest BCUT2D eigenvalue weighted by atomic mass is 16.5. The van der Waals surface area contributed by atoms with Crippen molar-refractivity contribution >= 4 is 0 Å². The molecule has 0 unspecified atom stereocenters. The third-order valence-electron chi connectivity index (χ3n) is 3.87. The molecule has 0 aliphatic carbocycles. The molecule has 0 saturated carbocycles. The van der Waals surface area contributed by atoms with Crippen LogP contribution in [0, 0.1) is 0 Å². The highest BCUT2D eigenvalue weighted by Crippen LogP contribution is 2.28. The largest absolute Gasteiger partial charge is 0.493 e. The Morgan fingerprint density at radius 2 is 1.92 bits per heavy atom. The van der Waals surface area contributed by atoms with Gasteiger partial charge in [0, 0.05) is 6.54 Å². The summed E-state index contributed by atoms with van der Waals surface area (Å²) in [6.45, 7) is 4.21. The molecule has 0 saturated heterocycles. The SMILES string of the molecule is CCN(Cc1ccc(OC)c(OC)c1)Cc1nc(-c2ccco2)no1. The van der Waals surface area contributed by atoms with E-state index in [1.165, 1.54) is 0 Å². The molecule has 3 rings (SSSR count). The van der Waals surface area contributed by atoms with Crippen LogP contribution in [0.15, 0.2) is 45.5 Å². The summed E-state index contributed by atoms with van der Waals surface area (Å²) >= 11 is 0. The first-order valence-corrected chi connectivity index (χ1v) is 8.03. The zero-order valence-electron chi connectivity index (χ0n) is 14.6. The summed E-state index contributed by atoms with van der Waals surface area (Å²) in [6, 6.07) is 9.50. The third-order valence-corrected chi connectivity index (χ3v) is 3.87. The van der Waals surface area contributed by atoms with E-state index in [1.54, 1.807) is 32.6 Å². The topological polar surface area (TPSA) is 73.8 Å². The lowest BCUT2D eigenvalue weighted by Crippen LogP contribution is -2.22. The average Bonchev–Trinajstić information content (AvgIpc) is 3.32. The van der Waals surface area contributed by atoms with Crippen LogP contribution in [-0.4, -0.2) is 35.8 Å². The Labute approximate surface area is 146 Å². The van der Waals surface area contributed by atoms with Crippen molar-refractivity contribution in [3.8, 4) is 23.1 Å². The molecule has 7 nitrogen and oxygen atoms in total. The predicted molar refractivity (Wildman–Crippen MR) is 91.3 cm³/mol. The van der Waals surface area contributed by atoms with E-state index in [9.17, 15) is 0 Å². The minimum Gasteiger partial charge on any atom is -0.493 e. The fraction of sp³-hybridized carbons (Fsp3) is 0.333. The van der Waals surface area contributed by atoms with Crippen LogP contribution in [0.4, 0.5) is 0 Å². The van der Waals surface area contributed by atoms with Gasteiger partial charge in [0.05, 0.1) is 27.0 Å². The van der Waals surface area contributed by atoms with Crippen molar-refractivity contribution in [2.24, 2.45) is 0 Å². The lowest BCUT2D eigenvalue weighted by molar-refractivity contribution is 0.228. The Hall–Kier alpha value is -2.80. The van der Waals surface area contributed by atoms with Gasteiger partial charge in [0.15, 0.2) is 17.3 Å². The summed E-state index contributed by atoms with van der Waals surface area (Å²) < 4.78 is 21.3. The number of furan rings is 1. The van der Waals surface area contributed by atoms with Crippen molar-refractivity contribution in [1.29, 1.82) is 0 Å². The minimum absolute atomic E-state index is 0.460. The lowest BCUT2D eigenvalue weighted by Gasteiger charge is -2.19. The molecule has 0 aliphatic rings. The molecule has 0 N–H and O–H groups in total. The first-order chi connectivity index (χ1) is 12.2. The van der Waals surface area contributed by atoms with Gasteiger partial charge >= 0.3 is 0 Å². The normalized spacial score (nSPS) is 11.0. The summed E-state index contributed by atoms with van der Waals surface area (Å²) in [4.78, 5) is 6.58. The van der Waals surface area contributed by atoms with Crippen molar-refractivity contribution in [3.63, 3.8) is 0 Å². The molecule has 2 aromatic heterocycles. The maximum absolute atomic E-state index is 5.36. The van der Waals surface area contributed by atoms with Crippen LogP contribution in [0.5, 0.6) is 11.5 Å². The molecule has 25 heavy (non-hydrogen) atoms. The Balaban J connectivity index is 1.69. The molecule has 0 spiro atoms. The first kappa shape index (κ1) is 17.0. The number of rotatable bonds is 8. The van der Waals surface area contributed by atoms with Crippen LogP contribution in [0.3, 0.4) is 0 Å². The average molecular weight is 343 g/mol. The van der Waals surface area contributed by atoms with Crippen LogP contribution in [0.2, 0.25) is 0 Å². The predicted octanol–water partition coefficient (Wildman–Crippen LogP) is 3.37. The summed E-state index contributed by atoms with van der Waals surface area (Å²) in [5.74, 6) is 3.04. The van der Waals surface area contributed by atoms with Gasteiger partial charge in [-0.2, -0.15) is 4.98 Å². The monoisotopic (exact) mass is 343 g/mol. The number of nitrogens with zero attached hydrogens (tertiary/aromatic N) is 3. The number of hydrogen-bond donors (Lipinski definition) is 0. The maximum Gasteiger partial charge on any atom is 0.241 e. The van der Waals surface area contributed by atoms with Gasteiger partial charge in [-0.25, -0.2) is 0 Å². The first-order valence-electron chi connectivity index (χ1n) is 8.03. The van der Waals surface area contributed by atoms with Crippen LogP contribution >= 0.6 is 0 Å².